The van der Waals surface area contributed by atoms with Gasteiger partial charge in [0.1, 0.15) is 12.4 Å². The third-order valence-corrected chi connectivity index (χ3v) is 5.58. The monoisotopic (exact) mass is 456 g/mol. The molecular weight excluding hydrogens is 435 g/mol. The predicted molar refractivity (Wildman–Crippen MR) is 119 cm³/mol. The number of sulfonamides is 1. The van der Waals surface area contributed by atoms with E-state index < -0.39 is 10.0 Å². The average Bonchev–Trinajstić information content (AvgIpc) is 2.66. The number of nitrogens with one attached hydrogen (secondary N) is 1. The molecule has 0 atom stereocenters. The minimum absolute atomic E-state index is 0.0979. The number of halogens is 2. The number of ether oxygens (including phenoxy) is 1. The fourth-order valence-electron chi connectivity index (χ4n) is 2.54. The van der Waals surface area contributed by atoms with Crippen LogP contribution in [0.1, 0.15) is 12.8 Å². The molecule has 0 spiro atoms. The Hall–Kier alpha value is -2.22. The summed E-state index contributed by atoms with van der Waals surface area (Å²) >= 11 is 12.1. The summed E-state index contributed by atoms with van der Waals surface area (Å²) < 4.78 is 30.9. The van der Waals surface area contributed by atoms with E-state index in [4.69, 9.17) is 27.9 Å². The first-order valence-corrected chi connectivity index (χ1v) is 11.4. The highest BCUT2D eigenvalue weighted by atomic mass is 35.5. The van der Waals surface area contributed by atoms with Crippen molar-refractivity contribution in [2.45, 2.75) is 12.8 Å². The van der Waals surface area contributed by atoms with Crippen LogP contribution in [0.4, 0.5) is 11.4 Å². The second kappa shape index (κ2) is 10.5. The molecule has 0 aliphatic carbocycles. The molecule has 156 valence electrons. The first-order valence-electron chi connectivity index (χ1n) is 8.77. The van der Waals surface area contributed by atoms with E-state index in [0.29, 0.717) is 29.5 Å². The molecule has 0 saturated carbocycles. The van der Waals surface area contributed by atoms with Gasteiger partial charge in [-0.15, -0.1) is 0 Å². The Labute approximate surface area is 181 Å². The highest BCUT2D eigenvalue weighted by Crippen LogP contribution is 2.30. The van der Waals surface area contributed by atoms with Gasteiger partial charge in [0.05, 0.1) is 17.0 Å². The van der Waals surface area contributed by atoms with Crippen molar-refractivity contribution >= 4 is 50.5 Å². The van der Waals surface area contributed by atoms with E-state index in [1.165, 1.54) is 12.1 Å². The Morgan fingerprint density at radius 3 is 2.52 bits per heavy atom. The van der Waals surface area contributed by atoms with Crippen LogP contribution in [-0.2, 0) is 14.8 Å². The molecule has 29 heavy (non-hydrogen) atoms. The lowest BCUT2D eigenvalue weighted by molar-refractivity contribution is -0.116. The van der Waals surface area contributed by atoms with Crippen molar-refractivity contribution in [3.8, 4) is 5.75 Å². The topological polar surface area (TPSA) is 75.7 Å². The van der Waals surface area contributed by atoms with Crippen molar-refractivity contribution in [2.75, 3.05) is 29.0 Å². The third-order valence-electron chi connectivity index (χ3n) is 3.85. The standard InChI is InChI=1S/C20H22Cl2N2O4S/c1-3-13-28-17-9-7-16(8-10-17)23-20(25)5-4-12-24(29(2,26)27)19-14-15(21)6-11-18(19)22/h3,6-11,14H,1,4-5,12-13H2,2H3,(H,23,25). The van der Waals surface area contributed by atoms with Gasteiger partial charge in [-0.3, -0.25) is 9.10 Å². The van der Waals surface area contributed by atoms with E-state index >= 15 is 0 Å². The number of carbonyl (C=O) groups excluding carboxylic acids is 1. The Morgan fingerprint density at radius 2 is 1.90 bits per heavy atom. The van der Waals surface area contributed by atoms with Crippen molar-refractivity contribution in [1.82, 2.24) is 0 Å². The number of benzene rings is 2. The fraction of sp³-hybridized carbons (Fsp3) is 0.250. The molecule has 0 bridgehead atoms. The van der Waals surface area contributed by atoms with Gasteiger partial charge in [0.15, 0.2) is 0 Å². The second-order valence-electron chi connectivity index (χ2n) is 6.21. The van der Waals surface area contributed by atoms with Gasteiger partial charge in [-0.2, -0.15) is 0 Å². The molecule has 2 aromatic carbocycles. The van der Waals surface area contributed by atoms with Crippen LogP contribution in [0, 0.1) is 0 Å². The minimum atomic E-state index is -3.59. The van der Waals surface area contributed by atoms with Gasteiger partial charge in [0, 0.05) is 23.7 Å². The zero-order valence-electron chi connectivity index (χ0n) is 15.9. The van der Waals surface area contributed by atoms with Crippen LogP contribution in [-0.4, -0.2) is 33.7 Å². The third kappa shape index (κ3) is 7.27. The van der Waals surface area contributed by atoms with E-state index in [1.54, 1.807) is 36.4 Å². The van der Waals surface area contributed by atoms with Crippen LogP contribution >= 0.6 is 23.2 Å². The van der Waals surface area contributed by atoms with Crippen molar-refractivity contribution in [2.24, 2.45) is 0 Å². The lowest BCUT2D eigenvalue weighted by Gasteiger charge is -2.23. The molecular formula is C20H22Cl2N2O4S. The minimum Gasteiger partial charge on any atom is -0.490 e. The lowest BCUT2D eigenvalue weighted by atomic mass is 10.2. The average molecular weight is 457 g/mol. The molecule has 0 unspecified atom stereocenters. The van der Waals surface area contributed by atoms with E-state index in [9.17, 15) is 13.2 Å². The largest absolute Gasteiger partial charge is 0.490 e. The fourth-order valence-corrected chi connectivity index (χ4v) is 3.94. The summed E-state index contributed by atoms with van der Waals surface area (Å²) in [4.78, 5) is 12.2. The Balaban J connectivity index is 1.94. The van der Waals surface area contributed by atoms with Crippen LogP contribution in [0.2, 0.25) is 10.0 Å². The predicted octanol–water partition coefficient (Wildman–Crippen LogP) is 4.74. The van der Waals surface area contributed by atoms with E-state index in [2.05, 4.69) is 11.9 Å². The van der Waals surface area contributed by atoms with Gasteiger partial charge >= 0.3 is 0 Å². The summed E-state index contributed by atoms with van der Waals surface area (Å²) in [6, 6.07) is 11.5. The Bertz CT molecular complexity index is 963. The summed E-state index contributed by atoms with van der Waals surface area (Å²) in [6.07, 6.45) is 3.17. The number of hydrogen-bond donors (Lipinski definition) is 1. The first kappa shape index (κ1) is 23.1. The van der Waals surface area contributed by atoms with E-state index in [-0.39, 0.29) is 29.6 Å². The number of amides is 1. The molecule has 2 rings (SSSR count). The summed E-state index contributed by atoms with van der Waals surface area (Å²) in [6.45, 7) is 4.08. The van der Waals surface area contributed by atoms with Crippen LogP contribution in [0.5, 0.6) is 5.75 Å². The highest BCUT2D eigenvalue weighted by Gasteiger charge is 2.20. The van der Waals surface area contributed by atoms with Crippen molar-refractivity contribution < 1.29 is 17.9 Å². The van der Waals surface area contributed by atoms with Gasteiger partial charge in [0.2, 0.25) is 15.9 Å². The lowest BCUT2D eigenvalue weighted by Crippen LogP contribution is -2.31. The van der Waals surface area contributed by atoms with Crippen LogP contribution < -0.4 is 14.4 Å². The number of anilines is 2. The number of carbonyl (C=O) groups is 1. The number of nitrogens with zero attached hydrogens (tertiary/aromatic N) is 1. The smallest absolute Gasteiger partial charge is 0.232 e. The maximum atomic E-state index is 12.2. The first-order chi connectivity index (χ1) is 13.7. The molecule has 0 radical (unpaired) electrons. The zero-order chi connectivity index (χ0) is 21.4. The van der Waals surface area contributed by atoms with E-state index in [0.717, 1.165) is 10.6 Å². The number of rotatable bonds is 10. The van der Waals surface area contributed by atoms with Crippen molar-refractivity contribution in [3.05, 3.63) is 65.2 Å². The van der Waals surface area contributed by atoms with Crippen LogP contribution in [0.3, 0.4) is 0 Å². The van der Waals surface area contributed by atoms with Crippen molar-refractivity contribution in [3.63, 3.8) is 0 Å². The highest BCUT2D eigenvalue weighted by molar-refractivity contribution is 7.92. The van der Waals surface area contributed by atoms with Gasteiger partial charge in [-0.05, 0) is 48.9 Å². The molecule has 0 aliphatic heterocycles. The summed E-state index contributed by atoms with van der Waals surface area (Å²) in [5.74, 6) is 0.445. The van der Waals surface area contributed by atoms with Crippen LogP contribution in [0.25, 0.3) is 0 Å². The van der Waals surface area contributed by atoms with Gasteiger partial charge in [0.25, 0.3) is 0 Å². The van der Waals surface area contributed by atoms with Gasteiger partial charge in [-0.1, -0.05) is 35.9 Å². The molecule has 0 heterocycles. The van der Waals surface area contributed by atoms with Crippen LogP contribution in [0.15, 0.2) is 55.1 Å². The SMILES string of the molecule is C=CCOc1ccc(NC(=O)CCCN(c2cc(Cl)ccc2Cl)S(C)(=O)=O)cc1. The Kier molecular flexibility index (Phi) is 8.37. The molecule has 0 saturated heterocycles. The van der Waals surface area contributed by atoms with Gasteiger partial charge < -0.3 is 10.1 Å². The zero-order valence-corrected chi connectivity index (χ0v) is 18.2. The molecule has 0 aromatic heterocycles. The normalized spacial score (nSPS) is 11.0. The molecule has 9 heteroatoms. The Morgan fingerprint density at radius 1 is 1.21 bits per heavy atom. The molecule has 6 nitrogen and oxygen atoms in total. The maximum Gasteiger partial charge on any atom is 0.232 e. The van der Waals surface area contributed by atoms with Crippen molar-refractivity contribution in [1.29, 1.82) is 0 Å². The summed E-state index contributed by atoms with van der Waals surface area (Å²) in [5.41, 5.74) is 0.913. The quantitative estimate of drug-likeness (QED) is 0.523. The molecule has 1 N–H and O–H groups in total. The number of hydrogen-bond acceptors (Lipinski definition) is 4. The molecule has 0 fully saturated rings. The van der Waals surface area contributed by atoms with E-state index in [1.807, 2.05) is 0 Å². The summed E-state index contributed by atoms with van der Waals surface area (Å²) in [5, 5.41) is 3.41. The second-order valence-corrected chi connectivity index (χ2v) is 8.96. The van der Waals surface area contributed by atoms with Gasteiger partial charge in [-0.25, -0.2) is 8.42 Å². The maximum absolute atomic E-state index is 12.2. The molecule has 0 aliphatic rings. The molecule has 2 aromatic rings. The summed E-state index contributed by atoms with van der Waals surface area (Å²) in [7, 11) is -3.59. The molecule has 1 amide bonds.